The van der Waals surface area contributed by atoms with Gasteiger partial charge in [-0.05, 0) is 19.3 Å². The average Bonchev–Trinajstić information content (AvgIpc) is 2.17. The first-order valence-corrected chi connectivity index (χ1v) is 4.85. The van der Waals surface area contributed by atoms with Gasteiger partial charge in [-0.2, -0.15) is 0 Å². The molecule has 0 spiro atoms. The Balaban J connectivity index is 2.06. The Hall–Kier alpha value is -0.610. The van der Waals surface area contributed by atoms with E-state index in [0.717, 1.165) is 25.8 Å². The fraction of sp³-hybridized carbons (Fsp3) is 0.889. The van der Waals surface area contributed by atoms with E-state index in [-0.39, 0.29) is 6.04 Å². The van der Waals surface area contributed by atoms with Crippen LogP contribution < -0.4 is 0 Å². The molecule has 4 nitrogen and oxygen atoms in total. The molecule has 2 saturated heterocycles. The smallest absolute Gasteiger partial charge is 0.320 e. The molecule has 2 aliphatic heterocycles. The lowest BCUT2D eigenvalue weighted by atomic mass is 9.95. The maximum Gasteiger partial charge on any atom is 0.320 e. The highest BCUT2D eigenvalue weighted by Gasteiger charge is 2.36. The van der Waals surface area contributed by atoms with Gasteiger partial charge < -0.3 is 9.84 Å². The van der Waals surface area contributed by atoms with Crippen LogP contribution in [0.4, 0.5) is 0 Å². The molecule has 0 saturated carbocycles. The number of hydrogen-bond acceptors (Lipinski definition) is 3. The first-order valence-electron chi connectivity index (χ1n) is 4.85. The van der Waals surface area contributed by atoms with Crippen LogP contribution in [0.15, 0.2) is 0 Å². The molecule has 0 aromatic rings. The highest BCUT2D eigenvalue weighted by atomic mass is 16.5. The molecule has 2 unspecified atom stereocenters. The number of hydrogen-bond donors (Lipinski definition) is 1. The molecule has 2 rings (SSSR count). The van der Waals surface area contributed by atoms with E-state index in [2.05, 4.69) is 4.90 Å². The predicted molar refractivity (Wildman–Crippen MR) is 46.6 cm³/mol. The summed E-state index contributed by atoms with van der Waals surface area (Å²) in [6.45, 7) is 2.17. The van der Waals surface area contributed by atoms with Crippen LogP contribution in [0.25, 0.3) is 0 Å². The predicted octanol–water partition coefficient (Wildman–Crippen LogP) is 0.324. The molecule has 0 amide bonds. The molecule has 0 aromatic carbocycles. The van der Waals surface area contributed by atoms with E-state index < -0.39 is 5.97 Å². The molecule has 2 aliphatic rings. The summed E-state index contributed by atoms with van der Waals surface area (Å²) in [5, 5.41) is 8.99. The normalized spacial score (nSPS) is 35.4. The molecule has 13 heavy (non-hydrogen) atoms. The van der Waals surface area contributed by atoms with Gasteiger partial charge >= 0.3 is 5.97 Å². The summed E-state index contributed by atoms with van der Waals surface area (Å²) < 4.78 is 5.33. The van der Waals surface area contributed by atoms with Gasteiger partial charge in [-0.1, -0.05) is 0 Å². The zero-order valence-electron chi connectivity index (χ0n) is 7.61. The Morgan fingerprint density at radius 2 is 2.31 bits per heavy atom. The van der Waals surface area contributed by atoms with Crippen LogP contribution in [0.3, 0.4) is 0 Å². The Labute approximate surface area is 77.5 Å². The van der Waals surface area contributed by atoms with Crippen LogP contribution in [0, 0.1) is 0 Å². The molecule has 0 radical (unpaired) electrons. The number of carbonyl (C=O) groups is 1. The largest absolute Gasteiger partial charge is 0.480 e. The van der Waals surface area contributed by atoms with E-state index in [1.807, 2.05) is 0 Å². The molecule has 0 aromatic heterocycles. The number of aliphatic carboxylic acids is 1. The number of rotatable bonds is 1. The molecule has 2 atom stereocenters. The van der Waals surface area contributed by atoms with E-state index in [4.69, 9.17) is 9.84 Å². The quantitative estimate of drug-likeness (QED) is 0.639. The van der Waals surface area contributed by atoms with Crippen molar-refractivity contribution >= 4 is 5.97 Å². The molecule has 1 N–H and O–H groups in total. The second-order valence-corrected chi connectivity index (χ2v) is 3.75. The maximum atomic E-state index is 10.9. The lowest BCUT2D eigenvalue weighted by Gasteiger charge is -2.42. The van der Waals surface area contributed by atoms with Crippen LogP contribution in [0.1, 0.15) is 19.3 Å². The molecule has 0 bridgehead atoms. The van der Waals surface area contributed by atoms with Crippen molar-refractivity contribution in [1.82, 2.24) is 4.90 Å². The Kier molecular flexibility index (Phi) is 2.51. The van der Waals surface area contributed by atoms with Crippen LogP contribution in [0.2, 0.25) is 0 Å². The van der Waals surface area contributed by atoms with Crippen molar-refractivity contribution in [3.05, 3.63) is 0 Å². The summed E-state index contributed by atoms with van der Waals surface area (Å²) in [5.41, 5.74) is 0. The molecule has 0 aliphatic carbocycles. The van der Waals surface area contributed by atoms with E-state index >= 15 is 0 Å². The lowest BCUT2D eigenvalue weighted by Crippen LogP contribution is -2.55. The van der Waals surface area contributed by atoms with Gasteiger partial charge in [-0.15, -0.1) is 0 Å². The number of nitrogens with zero attached hydrogens (tertiary/aromatic N) is 1. The van der Waals surface area contributed by atoms with Gasteiger partial charge in [0, 0.05) is 12.6 Å². The lowest BCUT2D eigenvalue weighted by molar-refractivity contribution is -0.150. The zero-order valence-corrected chi connectivity index (χ0v) is 7.61. The maximum absolute atomic E-state index is 10.9. The standard InChI is InChI=1S/C9H15NO3/c11-9(12)8-3-1-2-7-6-13-5-4-10(7)8/h7-8H,1-6H2,(H,11,12). The van der Waals surface area contributed by atoms with Crippen LogP contribution in [0.5, 0.6) is 0 Å². The van der Waals surface area contributed by atoms with Crippen molar-refractivity contribution in [1.29, 1.82) is 0 Å². The number of morpholine rings is 1. The average molecular weight is 185 g/mol. The Bertz CT molecular complexity index is 205. The topological polar surface area (TPSA) is 49.8 Å². The molecule has 2 fully saturated rings. The number of carboxylic acid groups (broad SMARTS) is 1. The first-order chi connectivity index (χ1) is 6.29. The summed E-state index contributed by atoms with van der Waals surface area (Å²) in [7, 11) is 0. The summed E-state index contributed by atoms with van der Waals surface area (Å²) in [5.74, 6) is -0.674. The van der Waals surface area contributed by atoms with E-state index in [9.17, 15) is 4.79 Å². The van der Waals surface area contributed by atoms with Crippen molar-refractivity contribution in [3.8, 4) is 0 Å². The summed E-state index contributed by atoms with van der Waals surface area (Å²) in [6, 6.07) is 0.0891. The Morgan fingerprint density at radius 1 is 1.46 bits per heavy atom. The molecular formula is C9H15NO3. The summed E-state index contributed by atoms with van der Waals surface area (Å²) in [4.78, 5) is 13.0. The fourth-order valence-electron chi connectivity index (χ4n) is 2.31. The molecular weight excluding hydrogens is 170 g/mol. The molecule has 4 heteroatoms. The fourth-order valence-corrected chi connectivity index (χ4v) is 2.31. The summed E-state index contributed by atoms with van der Waals surface area (Å²) >= 11 is 0. The van der Waals surface area contributed by atoms with Gasteiger partial charge in [0.2, 0.25) is 0 Å². The molecule has 2 heterocycles. The van der Waals surface area contributed by atoms with Gasteiger partial charge in [0.25, 0.3) is 0 Å². The van der Waals surface area contributed by atoms with Gasteiger partial charge in [0.15, 0.2) is 0 Å². The van der Waals surface area contributed by atoms with Gasteiger partial charge in [-0.3, -0.25) is 9.69 Å². The zero-order chi connectivity index (χ0) is 9.26. The highest BCUT2D eigenvalue weighted by Crippen LogP contribution is 2.25. The number of fused-ring (bicyclic) bond motifs is 1. The number of piperidine rings is 1. The third kappa shape index (κ3) is 1.69. The summed E-state index contributed by atoms with van der Waals surface area (Å²) in [6.07, 6.45) is 2.90. The third-order valence-electron chi connectivity index (χ3n) is 2.97. The molecule has 74 valence electrons. The minimum absolute atomic E-state index is 0.261. The van der Waals surface area contributed by atoms with Gasteiger partial charge in [-0.25, -0.2) is 0 Å². The van der Waals surface area contributed by atoms with Crippen molar-refractivity contribution in [3.63, 3.8) is 0 Å². The third-order valence-corrected chi connectivity index (χ3v) is 2.97. The minimum atomic E-state index is -0.674. The second kappa shape index (κ2) is 3.64. The van der Waals surface area contributed by atoms with E-state index in [0.29, 0.717) is 19.3 Å². The van der Waals surface area contributed by atoms with Crippen molar-refractivity contribution in [2.75, 3.05) is 19.8 Å². The number of carboxylic acids is 1. The van der Waals surface area contributed by atoms with Gasteiger partial charge in [0.05, 0.1) is 13.2 Å². The number of ether oxygens (including phenoxy) is 1. The Morgan fingerprint density at radius 3 is 3.08 bits per heavy atom. The second-order valence-electron chi connectivity index (χ2n) is 3.75. The minimum Gasteiger partial charge on any atom is -0.480 e. The van der Waals surface area contributed by atoms with Crippen LogP contribution in [-0.2, 0) is 9.53 Å². The van der Waals surface area contributed by atoms with Crippen LogP contribution in [-0.4, -0.2) is 47.8 Å². The van der Waals surface area contributed by atoms with Gasteiger partial charge in [0.1, 0.15) is 6.04 Å². The first kappa shape index (κ1) is 8.97. The van der Waals surface area contributed by atoms with E-state index in [1.54, 1.807) is 0 Å². The SMILES string of the molecule is O=C(O)C1CCCC2COCCN21. The van der Waals surface area contributed by atoms with Crippen molar-refractivity contribution < 1.29 is 14.6 Å². The van der Waals surface area contributed by atoms with Crippen molar-refractivity contribution in [2.45, 2.75) is 31.3 Å². The highest BCUT2D eigenvalue weighted by molar-refractivity contribution is 5.73. The monoisotopic (exact) mass is 185 g/mol. The van der Waals surface area contributed by atoms with Crippen LogP contribution >= 0.6 is 0 Å². The van der Waals surface area contributed by atoms with Crippen molar-refractivity contribution in [2.24, 2.45) is 0 Å². The van der Waals surface area contributed by atoms with E-state index in [1.165, 1.54) is 0 Å².